The van der Waals surface area contributed by atoms with Crippen LogP contribution in [0.3, 0.4) is 0 Å². The minimum absolute atomic E-state index is 0.0305. The van der Waals surface area contributed by atoms with Gasteiger partial charge in [-0.3, -0.25) is 9.48 Å². The fourth-order valence-electron chi connectivity index (χ4n) is 2.81. The summed E-state index contributed by atoms with van der Waals surface area (Å²) in [7, 11) is 0. The molecule has 7 nitrogen and oxygen atoms in total. The lowest BCUT2D eigenvalue weighted by Crippen LogP contribution is -2.39. The van der Waals surface area contributed by atoms with Gasteiger partial charge in [-0.05, 0) is 33.3 Å². The molecule has 2 aromatic heterocycles. The summed E-state index contributed by atoms with van der Waals surface area (Å²) in [6.07, 6.45) is 0.988. The van der Waals surface area contributed by atoms with Crippen LogP contribution in [0.5, 0.6) is 0 Å². The monoisotopic (exact) mass is 302 g/mol. The molecule has 1 unspecified atom stereocenters. The van der Waals surface area contributed by atoms with Gasteiger partial charge in [0.2, 0.25) is 0 Å². The van der Waals surface area contributed by atoms with Crippen molar-refractivity contribution in [1.29, 1.82) is 0 Å². The van der Waals surface area contributed by atoms with Gasteiger partial charge < -0.3 is 4.90 Å². The Bertz CT molecular complexity index is 701. The van der Waals surface area contributed by atoms with Crippen LogP contribution in [0.2, 0.25) is 0 Å². The second-order valence-corrected chi connectivity index (χ2v) is 5.90. The van der Waals surface area contributed by atoms with E-state index in [0.29, 0.717) is 31.4 Å². The minimum atomic E-state index is -0.0305. The molecule has 0 aliphatic carbocycles. The zero-order valence-electron chi connectivity index (χ0n) is 13.6. The van der Waals surface area contributed by atoms with E-state index in [4.69, 9.17) is 0 Å². The van der Waals surface area contributed by atoms with Gasteiger partial charge in [0.15, 0.2) is 5.69 Å². The molecule has 3 heterocycles. The van der Waals surface area contributed by atoms with Crippen molar-refractivity contribution < 1.29 is 4.79 Å². The number of aromatic nitrogens is 5. The van der Waals surface area contributed by atoms with Crippen LogP contribution >= 0.6 is 0 Å². The van der Waals surface area contributed by atoms with Crippen LogP contribution in [-0.2, 0) is 13.1 Å². The molecule has 22 heavy (non-hydrogen) atoms. The van der Waals surface area contributed by atoms with Crippen LogP contribution < -0.4 is 0 Å². The van der Waals surface area contributed by atoms with Crippen molar-refractivity contribution >= 4 is 5.91 Å². The van der Waals surface area contributed by atoms with Crippen LogP contribution in [0.1, 0.15) is 54.1 Å². The van der Waals surface area contributed by atoms with Crippen molar-refractivity contribution in [1.82, 2.24) is 29.4 Å². The average molecular weight is 302 g/mol. The fraction of sp³-hybridized carbons (Fsp3) is 0.600. The normalized spacial score (nSPS) is 15.7. The number of nitrogens with zero attached hydrogens (tertiary/aromatic N) is 6. The molecule has 1 amide bonds. The number of carbonyl (C=O) groups excluding carboxylic acids is 1. The van der Waals surface area contributed by atoms with Crippen LogP contribution in [-0.4, -0.2) is 41.9 Å². The molecule has 0 fully saturated rings. The quantitative estimate of drug-likeness (QED) is 0.865. The van der Waals surface area contributed by atoms with E-state index in [1.807, 2.05) is 29.3 Å². The molecule has 3 rings (SSSR count). The van der Waals surface area contributed by atoms with Crippen molar-refractivity contribution in [3.63, 3.8) is 0 Å². The van der Waals surface area contributed by atoms with Gasteiger partial charge in [-0.15, -0.1) is 0 Å². The van der Waals surface area contributed by atoms with Crippen molar-refractivity contribution in [2.24, 2.45) is 0 Å². The molecule has 1 aliphatic heterocycles. The Morgan fingerprint density at radius 1 is 1.32 bits per heavy atom. The topological polar surface area (TPSA) is 68.8 Å². The van der Waals surface area contributed by atoms with Crippen molar-refractivity contribution in [3.05, 3.63) is 29.1 Å². The summed E-state index contributed by atoms with van der Waals surface area (Å²) in [4.78, 5) is 18.9. The Balaban J connectivity index is 1.80. The van der Waals surface area contributed by atoms with E-state index in [0.717, 1.165) is 23.8 Å². The van der Waals surface area contributed by atoms with Gasteiger partial charge in [-0.1, -0.05) is 6.92 Å². The molecule has 1 aliphatic rings. The zero-order chi connectivity index (χ0) is 15.9. The number of aryl methyl sites for hydroxylation is 2. The molecule has 2 aromatic rings. The Morgan fingerprint density at radius 2 is 2.09 bits per heavy atom. The number of hydrogen-bond donors (Lipinski definition) is 0. The molecular weight excluding hydrogens is 280 g/mol. The maximum atomic E-state index is 12.7. The van der Waals surface area contributed by atoms with Gasteiger partial charge in [-0.25, -0.2) is 9.67 Å². The summed E-state index contributed by atoms with van der Waals surface area (Å²) in [6.45, 7) is 9.92. The summed E-state index contributed by atoms with van der Waals surface area (Å²) in [5.41, 5.74) is 1.54. The second kappa shape index (κ2) is 5.55. The number of hydrogen-bond acceptors (Lipinski definition) is 4. The maximum absolute atomic E-state index is 12.7. The highest BCUT2D eigenvalue weighted by Crippen LogP contribution is 2.17. The van der Waals surface area contributed by atoms with Gasteiger partial charge in [-0.2, -0.15) is 10.2 Å². The molecule has 0 aromatic carbocycles. The van der Waals surface area contributed by atoms with E-state index >= 15 is 0 Å². The van der Waals surface area contributed by atoms with Gasteiger partial charge >= 0.3 is 0 Å². The summed E-state index contributed by atoms with van der Waals surface area (Å²) in [6, 6.07) is 2.17. The third-order valence-electron chi connectivity index (χ3n) is 4.21. The predicted molar refractivity (Wildman–Crippen MR) is 81.5 cm³/mol. The Morgan fingerprint density at radius 3 is 2.82 bits per heavy atom. The number of fused-ring (bicyclic) bond motifs is 1. The maximum Gasteiger partial charge on any atom is 0.274 e. The van der Waals surface area contributed by atoms with E-state index < -0.39 is 0 Å². The van der Waals surface area contributed by atoms with Crippen LogP contribution in [0, 0.1) is 13.8 Å². The van der Waals surface area contributed by atoms with E-state index in [-0.39, 0.29) is 5.91 Å². The minimum Gasteiger partial charge on any atom is -0.328 e. The third-order valence-corrected chi connectivity index (χ3v) is 4.21. The van der Waals surface area contributed by atoms with Crippen LogP contribution in [0.15, 0.2) is 6.07 Å². The third kappa shape index (κ3) is 2.51. The lowest BCUT2D eigenvalue weighted by atomic mass is 10.2. The van der Waals surface area contributed by atoms with Crippen LogP contribution in [0.25, 0.3) is 0 Å². The first kappa shape index (κ1) is 14.7. The molecule has 0 N–H and O–H groups in total. The van der Waals surface area contributed by atoms with E-state index in [1.165, 1.54) is 0 Å². The SMILES string of the molecule is CCC(C)n1nc(C(=O)N2CCn3nc(C)nc3C2)cc1C. The molecular formula is C15H22N6O. The van der Waals surface area contributed by atoms with Gasteiger partial charge in [0.25, 0.3) is 5.91 Å². The zero-order valence-corrected chi connectivity index (χ0v) is 13.6. The lowest BCUT2D eigenvalue weighted by Gasteiger charge is -2.26. The van der Waals surface area contributed by atoms with E-state index in [2.05, 4.69) is 29.0 Å². The average Bonchev–Trinajstić information content (AvgIpc) is 3.06. The second-order valence-electron chi connectivity index (χ2n) is 5.90. The number of amides is 1. The van der Waals surface area contributed by atoms with E-state index in [9.17, 15) is 4.79 Å². The van der Waals surface area contributed by atoms with Crippen molar-refractivity contribution in [3.8, 4) is 0 Å². The predicted octanol–water partition coefficient (Wildman–Crippen LogP) is 1.72. The summed E-state index contributed by atoms with van der Waals surface area (Å²) in [5.74, 6) is 1.56. The summed E-state index contributed by atoms with van der Waals surface area (Å²) >= 11 is 0. The largest absolute Gasteiger partial charge is 0.328 e. The van der Waals surface area contributed by atoms with E-state index in [1.54, 1.807) is 4.90 Å². The van der Waals surface area contributed by atoms with Crippen molar-refractivity contribution in [2.45, 2.75) is 53.2 Å². The number of rotatable bonds is 3. The van der Waals surface area contributed by atoms with Gasteiger partial charge in [0.1, 0.15) is 11.6 Å². The highest BCUT2D eigenvalue weighted by molar-refractivity contribution is 5.92. The summed E-state index contributed by atoms with van der Waals surface area (Å²) < 4.78 is 3.81. The molecule has 118 valence electrons. The first-order valence-electron chi connectivity index (χ1n) is 7.75. The smallest absolute Gasteiger partial charge is 0.274 e. The molecule has 7 heteroatoms. The highest BCUT2D eigenvalue weighted by atomic mass is 16.2. The molecule has 1 atom stereocenters. The molecule has 0 radical (unpaired) electrons. The van der Waals surface area contributed by atoms with Gasteiger partial charge in [0, 0.05) is 18.3 Å². The first-order chi connectivity index (χ1) is 10.5. The molecule has 0 saturated carbocycles. The van der Waals surface area contributed by atoms with Crippen molar-refractivity contribution in [2.75, 3.05) is 6.54 Å². The van der Waals surface area contributed by atoms with Gasteiger partial charge in [0.05, 0.1) is 13.1 Å². The standard InChI is InChI=1S/C15H22N6O/c1-5-10(2)21-11(3)8-13(18-21)15(22)19-6-7-20-14(9-19)16-12(4)17-20/h8,10H,5-7,9H2,1-4H3. The summed E-state index contributed by atoms with van der Waals surface area (Å²) in [5, 5.41) is 8.82. The van der Waals surface area contributed by atoms with Crippen LogP contribution in [0.4, 0.5) is 0 Å². The molecule has 0 spiro atoms. The first-order valence-corrected chi connectivity index (χ1v) is 7.75. The molecule has 0 bridgehead atoms. The highest BCUT2D eigenvalue weighted by Gasteiger charge is 2.26. The molecule has 0 saturated heterocycles. The number of carbonyl (C=O) groups is 1. The Kier molecular flexibility index (Phi) is 3.72. The Labute approximate surface area is 129 Å². The fourth-order valence-corrected chi connectivity index (χ4v) is 2.81. The Hall–Kier alpha value is -2.18. The lowest BCUT2D eigenvalue weighted by molar-refractivity contribution is 0.0695.